The third-order valence-electron chi connectivity index (χ3n) is 1.63. The highest BCUT2D eigenvalue weighted by atomic mass is 16.5. The van der Waals surface area contributed by atoms with Crippen molar-refractivity contribution in [2.75, 3.05) is 12.3 Å². The Labute approximate surface area is 77.9 Å². The van der Waals surface area contributed by atoms with E-state index in [2.05, 4.69) is 10.3 Å². The van der Waals surface area contributed by atoms with E-state index in [1.165, 1.54) is 0 Å². The van der Waals surface area contributed by atoms with Crippen LogP contribution in [-0.2, 0) is 11.3 Å². The Kier molecular flexibility index (Phi) is 2.87. The van der Waals surface area contributed by atoms with Crippen LogP contribution in [0, 0.1) is 0 Å². The third-order valence-corrected chi connectivity index (χ3v) is 1.63. The summed E-state index contributed by atoms with van der Waals surface area (Å²) in [6.07, 6.45) is 1.70. The lowest BCUT2D eigenvalue weighted by Gasteiger charge is -2.23. The van der Waals surface area contributed by atoms with Crippen molar-refractivity contribution < 1.29 is 4.74 Å². The molecule has 0 amide bonds. The lowest BCUT2D eigenvalue weighted by molar-refractivity contribution is -0.0249. The molecule has 74 valence electrons. The van der Waals surface area contributed by atoms with Crippen LogP contribution in [0.25, 0.3) is 0 Å². The van der Waals surface area contributed by atoms with Crippen molar-refractivity contribution in [3.8, 4) is 0 Å². The van der Waals surface area contributed by atoms with E-state index in [4.69, 9.17) is 10.5 Å². The van der Waals surface area contributed by atoms with E-state index in [0.29, 0.717) is 19.0 Å². The van der Waals surface area contributed by atoms with Gasteiger partial charge >= 0.3 is 0 Å². The normalized spacial score (nSPS) is 11.9. The SMILES string of the molecule is CCOC(C)(C)Cn1cc(N)nn1. The molecule has 0 saturated carbocycles. The second-order valence-electron chi connectivity index (χ2n) is 3.53. The minimum atomic E-state index is -0.227. The monoisotopic (exact) mass is 184 g/mol. The largest absolute Gasteiger partial charge is 0.381 e. The molecule has 0 atom stereocenters. The maximum atomic E-state index is 5.51. The van der Waals surface area contributed by atoms with E-state index >= 15 is 0 Å². The van der Waals surface area contributed by atoms with Crippen LogP contribution in [0.4, 0.5) is 5.82 Å². The number of hydrogen-bond donors (Lipinski definition) is 1. The number of nitrogens with two attached hydrogens (primary N) is 1. The Morgan fingerprint density at radius 2 is 2.31 bits per heavy atom. The van der Waals surface area contributed by atoms with Crippen molar-refractivity contribution in [3.05, 3.63) is 6.20 Å². The average Bonchev–Trinajstić information content (AvgIpc) is 2.34. The van der Waals surface area contributed by atoms with Crippen molar-refractivity contribution in [1.82, 2.24) is 15.0 Å². The molecule has 0 fully saturated rings. The van der Waals surface area contributed by atoms with Crippen molar-refractivity contribution in [2.24, 2.45) is 0 Å². The van der Waals surface area contributed by atoms with Gasteiger partial charge in [-0.1, -0.05) is 5.21 Å². The van der Waals surface area contributed by atoms with E-state index in [9.17, 15) is 0 Å². The molecular weight excluding hydrogens is 168 g/mol. The lowest BCUT2D eigenvalue weighted by Crippen LogP contribution is -2.30. The lowest BCUT2D eigenvalue weighted by atomic mass is 10.1. The van der Waals surface area contributed by atoms with Crippen molar-refractivity contribution in [2.45, 2.75) is 32.9 Å². The standard InChI is InChI=1S/C8H16N4O/c1-4-13-8(2,3)6-12-5-7(9)10-11-12/h5H,4,6,9H2,1-3H3. The summed E-state index contributed by atoms with van der Waals surface area (Å²) in [6, 6.07) is 0. The van der Waals surface area contributed by atoms with E-state index in [-0.39, 0.29) is 5.60 Å². The second kappa shape index (κ2) is 3.74. The van der Waals surface area contributed by atoms with Gasteiger partial charge in [-0.3, -0.25) is 0 Å². The zero-order valence-electron chi connectivity index (χ0n) is 8.32. The van der Waals surface area contributed by atoms with Crippen LogP contribution in [0.1, 0.15) is 20.8 Å². The minimum absolute atomic E-state index is 0.227. The molecule has 2 N–H and O–H groups in total. The van der Waals surface area contributed by atoms with Gasteiger partial charge in [0.1, 0.15) is 0 Å². The summed E-state index contributed by atoms with van der Waals surface area (Å²) < 4.78 is 7.20. The Hall–Kier alpha value is -1.10. The van der Waals surface area contributed by atoms with Crippen LogP contribution in [0.15, 0.2) is 6.20 Å². The average molecular weight is 184 g/mol. The zero-order chi connectivity index (χ0) is 9.90. The highest BCUT2D eigenvalue weighted by Crippen LogP contribution is 2.11. The van der Waals surface area contributed by atoms with Crippen molar-refractivity contribution in [1.29, 1.82) is 0 Å². The molecule has 0 spiro atoms. The molecule has 13 heavy (non-hydrogen) atoms. The third kappa shape index (κ3) is 3.02. The highest BCUT2D eigenvalue weighted by molar-refractivity contribution is 5.19. The molecule has 1 aromatic heterocycles. The zero-order valence-corrected chi connectivity index (χ0v) is 8.32. The number of hydrogen-bond acceptors (Lipinski definition) is 4. The van der Waals surface area contributed by atoms with E-state index < -0.39 is 0 Å². The van der Waals surface area contributed by atoms with E-state index in [1.807, 2.05) is 20.8 Å². The van der Waals surface area contributed by atoms with Crippen LogP contribution in [0.2, 0.25) is 0 Å². The molecule has 5 heteroatoms. The van der Waals surface area contributed by atoms with Crippen LogP contribution >= 0.6 is 0 Å². The summed E-state index contributed by atoms with van der Waals surface area (Å²) in [4.78, 5) is 0. The summed E-state index contributed by atoms with van der Waals surface area (Å²) in [6.45, 7) is 7.34. The molecule has 0 aliphatic rings. The first-order valence-electron chi connectivity index (χ1n) is 4.33. The molecule has 0 aromatic carbocycles. The molecule has 0 aliphatic carbocycles. The number of rotatable bonds is 4. The number of ether oxygens (including phenoxy) is 1. The minimum Gasteiger partial charge on any atom is -0.381 e. The maximum absolute atomic E-state index is 5.51. The Bertz CT molecular complexity index is 269. The van der Waals surface area contributed by atoms with Crippen LogP contribution in [0.5, 0.6) is 0 Å². The summed E-state index contributed by atoms with van der Waals surface area (Å²) in [5.41, 5.74) is 5.21. The summed E-state index contributed by atoms with van der Waals surface area (Å²) in [5.74, 6) is 0.437. The predicted molar refractivity (Wildman–Crippen MR) is 50.1 cm³/mol. The summed E-state index contributed by atoms with van der Waals surface area (Å²) >= 11 is 0. The number of nitrogens with zero attached hydrogens (tertiary/aromatic N) is 3. The van der Waals surface area contributed by atoms with Crippen molar-refractivity contribution in [3.63, 3.8) is 0 Å². The maximum Gasteiger partial charge on any atom is 0.165 e. The first kappa shape index (κ1) is 9.98. The van der Waals surface area contributed by atoms with Gasteiger partial charge in [0.25, 0.3) is 0 Å². The van der Waals surface area contributed by atoms with Gasteiger partial charge in [-0.15, -0.1) is 5.10 Å². The fraction of sp³-hybridized carbons (Fsp3) is 0.750. The Morgan fingerprint density at radius 3 is 2.77 bits per heavy atom. The Balaban J connectivity index is 2.57. The molecule has 0 saturated heterocycles. The summed E-state index contributed by atoms with van der Waals surface area (Å²) in [5, 5.41) is 7.54. The van der Waals surface area contributed by atoms with Gasteiger partial charge in [0, 0.05) is 6.61 Å². The summed E-state index contributed by atoms with van der Waals surface area (Å²) in [7, 11) is 0. The molecular formula is C8H16N4O. The van der Waals surface area contributed by atoms with Gasteiger partial charge in [-0.05, 0) is 20.8 Å². The fourth-order valence-electron chi connectivity index (χ4n) is 1.22. The molecule has 5 nitrogen and oxygen atoms in total. The fourth-order valence-corrected chi connectivity index (χ4v) is 1.22. The van der Waals surface area contributed by atoms with Crippen LogP contribution in [0.3, 0.4) is 0 Å². The van der Waals surface area contributed by atoms with Crippen LogP contribution in [-0.4, -0.2) is 27.2 Å². The molecule has 0 aliphatic heterocycles. The quantitative estimate of drug-likeness (QED) is 0.747. The van der Waals surface area contributed by atoms with E-state index in [1.54, 1.807) is 10.9 Å². The van der Waals surface area contributed by atoms with Gasteiger partial charge in [-0.25, -0.2) is 4.68 Å². The number of aromatic nitrogens is 3. The van der Waals surface area contributed by atoms with Gasteiger partial charge < -0.3 is 10.5 Å². The smallest absolute Gasteiger partial charge is 0.165 e. The van der Waals surface area contributed by atoms with Gasteiger partial charge in [-0.2, -0.15) is 0 Å². The van der Waals surface area contributed by atoms with Gasteiger partial charge in [0.15, 0.2) is 5.82 Å². The molecule has 0 bridgehead atoms. The highest BCUT2D eigenvalue weighted by Gasteiger charge is 2.18. The molecule has 1 heterocycles. The predicted octanol–water partition coefficient (Wildman–Crippen LogP) is 0.675. The van der Waals surface area contributed by atoms with Crippen molar-refractivity contribution >= 4 is 5.82 Å². The molecule has 1 rings (SSSR count). The Morgan fingerprint density at radius 1 is 1.62 bits per heavy atom. The van der Waals surface area contributed by atoms with Gasteiger partial charge in [0.2, 0.25) is 0 Å². The van der Waals surface area contributed by atoms with Crippen LogP contribution < -0.4 is 5.73 Å². The molecule has 1 aromatic rings. The number of anilines is 1. The first-order chi connectivity index (χ1) is 6.03. The van der Waals surface area contributed by atoms with Gasteiger partial charge in [0.05, 0.1) is 18.3 Å². The van der Waals surface area contributed by atoms with E-state index in [0.717, 1.165) is 0 Å². The molecule has 0 radical (unpaired) electrons. The second-order valence-corrected chi connectivity index (χ2v) is 3.53. The molecule has 0 unspecified atom stereocenters. The first-order valence-corrected chi connectivity index (χ1v) is 4.33. The topological polar surface area (TPSA) is 66.0 Å². The number of nitrogen functional groups attached to an aromatic ring is 1.